The number of ketones is 1. The van der Waals surface area contributed by atoms with Crippen molar-refractivity contribution in [1.82, 2.24) is 4.98 Å². The van der Waals surface area contributed by atoms with Crippen LogP contribution in [0, 0.1) is 6.92 Å². The van der Waals surface area contributed by atoms with Crippen molar-refractivity contribution in [2.45, 2.75) is 26.3 Å². The number of methoxy groups -OCH3 is 1. The minimum Gasteiger partial charge on any atom is -0.497 e. The van der Waals surface area contributed by atoms with E-state index in [1.54, 1.807) is 20.3 Å². The standard InChI is InChI=1S/C20H19N3O3S/c1-12-19(13(2)24)27-20(21-12)23-17(18-5-4-10-26-18)11-16(22-23)14-6-8-15(25-3)9-7-14/h4-10,17H,11H2,1-3H3/t17-/m0/s1. The molecule has 0 fully saturated rings. The molecule has 1 aliphatic rings. The molecule has 0 N–H and O–H groups in total. The summed E-state index contributed by atoms with van der Waals surface area (Å²) in [5.74, 6) is 1.64. The molecule has 138 valence electrons. The molecule has 1 atom stereocenters. The molecule has 1 aliphatic heterocycles. The lowest BCUT2D eigenvalue weighted by atomic mass is 10.0. The summed E-state index contributed by atoms with van der Waals surface area (Å²) in [5, 5.41) is 7.38. The second-order valence-corrected chi connectivity index (χ2v) is 7.30. The van der Waals surface area contributed by atoms with Crippen LogP contribution in [0.5, 0.6) is 5.75 Å². The highest BCUT2D eigenvalue weighted by molar-refractivity contribution is 7.17. The van der Waals surface area contributed by atoms with Crippen LogP contribution in [0.4, 0.5) is 5.13 Å². The number of Topliss-reactive ketones (excluding diaryl/α,β-unsaturated/α-hetero) is 1. The van der Waals surface area contributed by atoms with Gasteiger partial charge in [-0.3, -0.25) is 4.79 Å². The topological polar surface area (TPSA) is 67.9 Å². The molecule has 0 amide bonds. The van der Waals surface area contributed by atoms with Gasteiger partial charge in [0.2, 0.25) is 5.13 Å². The molecule has 4 rings (SSSR count). The predicted octanol–water partition coefficient (Wildman–Crippen LogP) is 4.61. The van der Waals surface area contributed by atoms with Crippen LogP contribution in [0.2, 0.25) is 0 Å². The van der Waals surface area contributed by atoms with E-state index in [0.717, 1.165) is 28.5 Å². The van der Waals surface area contributed by atoms with Crippen molar-refractivity contribution in [1.29, 1.82) is 0 Å². The zero-order chi connectivity index (χ0) is 19.0. The SMILES string of the molecule is COc1ccc(C2=NN(c3nc(C)c(C(C)=O)s3)[C@H](c3ccco3)C2)cc1. The molecule has 0 radical (unpaired) electrons. The zero-order valence-corrected chi connectivity index (χ0v) is 16.1. The van der Waals surface area contributed by atoms with Gasteiger partial charge in [0.25, 0.3) is 0 Å². The Morgan fingerprint density at radius 2 is 2.07 bits per heavy atom. The van der Waals surface area contributed by atoms with E-state index in [9.17, 15) is 4.79 Å². The molecule has 0 unspecified atom stereocenters. The van der Waals surface area contributed by atoms with Crippen LogP contribution >= 0.6 is 11.3 Å². The minimum absolute atomic E-state index is 0.0179. The van der Waals surface area contributed by atoms with Gasteiger partial charge in [0.1, 0.15) is 17.6 Å². The molecule has 0 aliphatic carbocycles. The molecule has 2 aromatic heterocycles. The molecule has 3 heterocycles. The van der Waals surface area contributed by atoms with E-state index in [1.165, 1.54) is 11.3 Å². The van der Waals surface area contributed by atoms with E-state index in [4.69, 9.17) is 14.3 Å². The van der Waals surface area contributed by atoms with E-state index in [-0.39, 0.29) is 11.8 Å². The molecule has 0 spiro atoms. The minimum atomic E-state index is -0.0949. The Labute approximate surface area is 161 Å². The third-order valence-corrected chi connectivity index (χ3v) is 5.75. The molecule has 0 saturated carbocycles. The second-order valence-electron chi connectivity index (χ2n) is 6.32. The van der Waals surface area contributed by atoms with Gasteiger partial charge in [-0.25, -0.2) is 9.99 Å². The number of carbonyl (C=O) groups is 1. The Morgan fingerprint density at radius 3 is 2.67 bits per heavy atom. The molecule has 27 heavy (non-hydrogen) atoms. The van der Waals surface area contributed by atoms with Gasteiger partial charge in [-0.05, 0) is 48.9 Å². The normalized spacial score (nSPS) is 16.5. The van der Waals surface area contributed by atoms with Crippen LogP contribution in [0.15, 0.2) is 52.2 Å². The summed E-state index contributed by atoms with van der Waals surface area (Å²) >= 11 is 1.37. The number of thiazole rings is 1. The van der Waals surface area contributed by atoms with Gasteiger partial charge in [0.15, 0.2) is 5.78 Å². The Morgan fingerprint density at radius 1 is 1.30 bits per heavy atom. The summed E-state index contributed by atoms with van der Waals surface area (Å²) in [7, 11) is 1.65. The van der Waals surface area contributed by atoms with Gasteiger partial charge >= 0.3 is 0 Å². The van der Waals surface area contributed by atoms with Gasteiger partial charge in [0.05, 0.1) is 29.7 Å². The Bertz CT molecular complexity index is 990. The van der Waals surface area contributed by atoms with Gasteiger partial charge in [-0.15, -0.1) is 0 Å². The number of aromatic nitrogens is 1. The third-order valence-electron chi connectivity index (χ3n) is 4.51. The zero-order valence-electron chi connectivity index (χ0n) is 15.3. The number of carbonyl (C=O) groups excluding carboxylic acids is 1. The molecular formula is C20H19N3O3S. The van der Waals surface area contributed by atoms with Crippen LogP contribution in [0.3, 0.4) is 0 Å². The number of rotatable bonds is 5. The smallest absolute Gasteiger partial charge is 0.207 e. The largest absolute Gasteiger partial charge is 0.497 e. The van der Waals surface area contributed by atoms with Crippen LogP contribution in [-0.2, 0) is 0 Å². The van der Waals surface area contributed by atoms with Crippen molar-refractivity contribution in [2.75, 3.05) is 12.1 Å². The van der Waals surface area contributed by atoms with Crippen LogP contribution in [-0.4, -0.2) is 23.6 Å². The molecule has 0 saturated heterocycles. The predicted molar refractivity (Wildman–Crippen MR) is 105 cm³/mol. The average Bonchev–Trinajstić information content (AvgIpc) is 3.40. The van der Waals surface area contributed by atoms with Crippen molar-refractivity contribution in [2.24, 2.45) is 5.10 Å². The molecular weight excluding hydrogens is 362 g/mol. The van der Waals surface area contributed by atoms with E-state index < -0.39 is 0 Å². The first kappa shape index (κ1) is 17.5. The average molecular weight is 381 g/mol. The molecule has 6 nitrogen and oxygen atoms in total. The molecule has 7 heteroatoms. The van der Waals surface area contributed by atoms with Crippen LogP contribution < -0.4 is 9.75 Å². The maximum Gasteiger partial charge on any atom is 0.207 e. The summed E-state index contributed by atoms with van der Waals surface area (Å²) < 4.78 is 10.9. The Balaban J connectivity index is 1.73. The van der Waals surface area contributed by atoms with E-state index in [1.807, 2.05) is 48.3 Å². The van der Waals surface area contributed by atoms with Gasteiger partial charge in [0, 0.05) is 13.3 Å². The van der Waals surface area contributed by atoms with Crippen LogP contribution in [0.1, 0.15) is 46.1 Å². The van der Waals surface area contributed by atoms with Crippen molar-refractivity contribution < 1.29 is 13.9 Å². The number of anilines is 1. The first-order valence-electron chi connectivity index (χ1n) is 8.59. The fraction of sp³-hybridized carbons (Fsp3) is 0.250. The van der Waals surface area contributed by atoms with Gasteiger partial charge in [-0.1, -0.05) is 11.3 Å². The molecule has 0 bridgehead atoms. The summed E-state index contributed by atoms with van der Waals surface area (Å²) in [5.41, 5.74) is 2.69. The number of hydrogen-bond acceptors (Lipinski definition) is 7. The Hall–Kier alpha value is -2.93. The highest BCUT2D eigenvalue weighted by atomic mass is 32.1. The molecule has 1 aromatic carbocycles. The maximum absolute atomic E-state index is 11.8. The summed E-state index contributed by atoms with van der Waals surface area (Å²) in [6, 6.07) is 11.5. The number of nitrogens with zero attached hydrogens (tertiary/aromatic N) is 3. The lowest BCUT2D eigenvalue weighted by Gasteiger charge is -2.18. The van der Waals surface area contributed by atoms with Crippen molar-refractivity contribution in [3.8, 4) is 5.75 Å². The van der Waals surface area contributed by atoms with Crippen molar-refractivity contribution >= 4 is 28.0 Å². The van der Waals surface area contributed by atoms with E-state index >= 15 is 0 Å². The van der Waals surface area contributed by atoms with Crippen LogP contribution in [0.25, 0.3) is 0 Å². The number of hydrazone groups is 1. The lowest BCUT2D eigenvalue weighted by molar-refractivity contribution is 0.102. The first-order chi connectivity index (χ1) is 13.1. The fourth-order valence-electron chi connectivity index (χ4n) is 3.15. The quantitative estimate of drug-likeness (QED) is 0.604. The fourth-order valence-corrected chi connectivity index (χ4v) is 4.12. The highest BCUT2D eigenvalue weighted by Crippen LogP contribution is 2.39. The summed E-state index contributed by atoms with van der Waals surface area (Å²) in [6.45, 7) is 3.41. The molecule has 3 aromatic rings. The number of hydrogen-bond donors (Lipinski definition) is 0. The highest BCUT2D eigenvalue weighted by Gasteiger charge is 2.34. The van der Waals surface area contributed by atoms with Gasteiger partial charge < -0.3 is 9.15 Å². The number of benzene rings is 1. The number of furan rings is 1. The van der Waals surface area contributed by atoms with E-state index in [0.29, 0.717) is 16.4 Å². The lowest BCUT2D eigenvalue weighted by Crippen LogP contribution is -2.17. The Kier molecular flexibility index (Phi) is 4.53. The summed E-state index contributed by atoms with van der Waals surface area (Å²) in [6.07, 6.45) is 2.35. The van der Waals surface area contributed by atoms with Crippen molar-refractivity contribution in [3.63, 3.8) is 0 Å². The van der Waals surface area contributed by atoms with E-state index in [2.05, 4.69) is 4.98 Å². The second kappa shape index (κ2) is 7.00. The number of aryl methyl sites for hydroxylation is 1. The van der Waals surface area contributed by atoms with Gasteiger partial charge in [-0.2, -0.15) is 5.10 Å². The maximum atomic E-state index is 11.8. The monoisotopic (exact) mass is 381 g/mol. The first-order valence-corrected chi connectivity index (χ1v) is 9.41. The van der Waals surface area contributed by atoms with Crippen molar-refractivity contribution in [3.05, 3.63) is 64.6 Å². The third kappa shape index (κ3) is 3.26. The number of ether oxygens (including phenoxy) is 1. The summed E-state index contributed by atoms with van der Waals surface area (Å²) in [4.78, 5) is 17.1.